The lowest BCUT2D eigenvalue weighted by Gasteiger charge is -2.15. The zero-order valence-corrected chi connectivity index (χ0v) is 17.9. The Bertz CT molecular complexity index is 906. The van der Waals surface area contributed by atoms with E-state index in [4.69, 9.17) is 9.47 Å². The van der Waals surface area contributed by atoms with Gasteiger partial charge in [0.2, 0.25) is 5.91 Å². The fourth-order valence-electron chi connectivity index (χ4n) is 2.92. The summed E-state index contributed by atoms with van der Waals surface area (Å²) in [7, 11) is 0. The van der Waals surface area contributed by atoms with Crippen LogP contribution in [0.4, 0.5) is 11.4 Å². The number of carbonyl (C=O) groups is 2. The highest BCUT2D eigenvalue weighted by atomic mass is 16.5. The molecule has 6 nitrogen and oxygen atoms in total. The number of ether oxygens (including phenoxy) is 2. The van der Waals surface area contributed by atoms with Crippen LogP contribution in [0, 0.1) is 12.8 Å². The Kier molecular flexibility index (Phi) is 7.33. The van der Waals surface area contributed by atoms with Crippen LogP contribution in [0.3, 0.4) is 0 Å². The highest BCUT2D eigenvalue weighted by Gasteiger charge is 2.29. The van der Waals surface area contributed by atoms with Crippen LogP contribution in [0.15, 0.2) is 36.4 Å². The lowest BCUT2D eigenvalue weighted by Crippen LogP contribution is -2.15. The van der Waals surface area contributed by atoms with Crippen LogP contribution in [0.1, 0.15) is 55.5 Å². The van der Waals surface area contributed by atoms with Gasteiger partial charge in [-0.1, -0.05) is 19.9 Å². The molecule has 0 spiro atoms. The van der Waals surface area contributed by atoms with Gasteiger partial charge in [0.25, 0.3) is 5.91 Å². The first-order valence-electron chi connectivity index (χ1n) is 10.6. The first-order chi connectivity index (χ1) is 14.5. The Morgan fingerprint density at radius 2 is 1.63 bits per heavy atom. The van der Waals surface area contributed by atoms with Gasteiger partial charge in [0.15, 0.2) is 11.5 Å². The molecule has 0 radical (unpaired) electrons. The van der Waals surface area contributed by atoms with Gasteiger partial charge in [-0.15, -0.1) is 0 Å². The predicted octanol–water partition coefficient (Wildman–Crippen LogP) is 5.17. The van der Waals surface area contributed by atoms with Crippen LogP contribution in [-0.4, -0.2) is 25.0 Å². The van der Waals surface area contributed by atoms with Crippen molar-refractivity contribution < 1.29 is 19.1 Å². The van der Waals surface area contributed by atoms with Crippen molar-refractivity contribution in [1.29, 1.82) is 0 Å². The van der Waals surface area contributed by atoms with Gasteiger partial charge in [0, 0.05) is 22.9 Å². The molecule has 2 N–H and O–H groups in total. The fourth-order valence-corrected chi connectivity index (χ4v) is 2.92. The third kappa shape index (κ3) is 5.75. The molecule has 160 valence electrons. The summed E-state index contributed by atoms with van der Waals surface area (Å²) in [4.78, 5) is 24.9. The normalized spacial score (nSPS) is 12.9. The lowest BCUT2D eigenvalue weighted by atomic mass is 10.1. The van der Waals surface area contributed by atoms with E-state index in [9.17, 15) is 9.59 Å². The molecule has 1 saturated carbocycles. The number of hydrogen-bond acceptors (Lipinski definition) is 4. The van der Waals surface area contributed by atoms with Crippen molar-refractivity contribution >= 4 is 23.2 Å². The van der Waals surface area contributed by atoms with Gasteiger partial charge in [0.1, 0.15) is 0 Å². The molecular weight excluding hydrogens is 380 g/mol. The highest BCUT2D eigenvalue weighted by Crippen LogP contribution is 2.32. The Morgan fingerprint density at radius 3 is 2.30 bits per heavy atom. The second-order valence-electron chi connectivity index (χ2n) is 7.61. The molecule has 6 heteroatoms. The molecule has 0 saturated heterocycles. The van der Waals surface area contributed by atoms with E-state index in [1.165, 1.54) is 0 Å². The minimum atomic E-state index is -0.243. The molecule has 2 amide bonds. The van der Waals surface area contributed by atoms with Crippen molar-refractivity contribution in [2.45, 2.75) is 46.5 Å². The zero-order valence-electron chi connectivity index (χ0n) is 17.9. The van der Waals surface area contributed by atoms with Crippen molar-refractivity contribution in [3.05, 3.63) is 47.5 Å². The van der Waals surface area contributed by atoms with E-state index in [-0.39, 0.29) is 17.7 Å². The Hall–Kier alpha value is -3.02. The number of aryl methyl sites for hydroxylation is 1. The molecule has 0 aliphatic heterocycles. The zero-order chi connectivity index (χ0) is 21.5. The Balaban J connectivity index is 1.75. The van der Waals surface area contributed by atoms with Gasteiger partial charge in [-0.2, -0.15) is 0 Å². The van der Waals surface area contributed by atoms with Crippen molar-refractivity contribution in [2.24, 2.45) is 5.92 Å². The average Bonchev–Trinajstić information content (AvgIpc) is 3.59. The summed E-state index contributed by atoms with van der Waals surface area (Å²) in [5.41, 5.74) is 2.74. The maximum absolute atomic E-state index is 12.9. The van der Waals surface area contributed by atoms with E-state index >= 15 is 0 Å². The Morgan fingerprint density at radius 1 is 0.933 bits per heavy atom. The first-order valence-corrected chi connectivity index (χ1v) is 10.6. The van der Waals surface area contributed by atoms with Gasteiger partial charge in [-0.25, -0.2) is 0 Å². The molecule has 3 rings (SSSR count). The van der Waals surface area contributed by atoms with Gasteiger partial charge in [-0.3, -0.25) is 9.59 Å². The van der Waals surface area contributed by atoms with Crippen LogP contribution in [0.25, 0.3) is 0 Å². The molecule has 0 unspecified atom stereocenters. The summed E-state index contributed by atoms with van der Waals surface area (Å²) in [5.74, 6) is 1.13. The van der Waals surface area contributed by atoms with E-state index < -0.39 is 0 Å². The first kappa shape index (κ1) is 21.7. The van der Waals surface area contributed by atoms with Crippen molar-refractivity contribution in [3.8, 4) is 11.5 Å². The molecule has 0 aromatic heterocycles. The Labute approximate surface area is 178 Å². The second-order valence-corrected chi connectivity index (χ2v) is 7.61. The monoisotopic (exact) mass is 410 g/mol. The molecule has 2 aromatic rings. The molecule has 0 bridgehead atoms. The maximum Gasteiger partial charge on any atom is 0.255 e. The van der Waals surface area contributed by atoms with Crippen molar-refractivity contribution in [2.75, 3.05) is 23.8 Å². The number of carbonyl (C=O) groups excluding carboxylic acids is 2. The van der Waals surface area contributed by atoms with E-state index in [2.05, 4.69) is 10.6 Å². The third-order valence-electron chi connectivity index (χ3n) is 4.83. The average molecular weight is 411 g/mol. The highest BCUT2D eigenvalue weighted by molar-refractivity contribution is 6.05. The summed E-state index contributed by atoms with van der Waals surface area (Å²) >= 11 is 0. The number of benzene rings is 2. The minimum Gasteiger partial charge on any atom is -0.490 e. The summed E-state index contributed by atoms with van der Waals surface area (Å²) in [6.45, 7) is 7.13. The van der Waals surface area contributed by atoms with Crippen LogP contribution in [0.5, 0.6) is 11.5 Å². The quantitative estimate of drug-likeness (QED) is 0.566. The van der Waals surface area contributed by atoms with E-state index in [1.54, 1.807) is 24.3 Å². The molecule has 30 heavy (non-hydrogen) atoms. The predicted molar refractivity (Wildman–Crippen MR) is 118 cm³/mol. The molecule has 1 aliphatic rings. The van der Waals surface area contributed by atoms with Crippen molar-refractivity contribution in [3.63, 3.8) is 0 Å². The van der Waals surface area contributed by atoms with Gasteiger partial charge in [0.05, 0.1) is 13.2 Å². The SMILES string of the molecule is CCCOc1ccc(C(=O)Nc2cc(NC(=O)C3CC3)ccc2C)cc1OCCC. The number of anilines is 2. The summed E-state index contributed by atoms with van der Waals surface area (Å²) in [5, 5.41) is 5.86. The van der Waals surface area contributed by atoms with Crippen LogP contribution in [-0.2, 0) is 4.79 Å². The minimum absolute atomic E-state index is 0.0384. The van der Waals surface area contributed by atoms with E-state index in [0.717, 1.165) is 31.2 Å². The van der Waals surface area contributed by atoms with Crippen LogP contribution in [0.2, 0.25) is 0 Å². The molecule has 1 aliphatic carbocycles. The van der Waals surface area contributed by atoms with E-state index in [0.29, 0.717) is 41.7 Å². The number of nitrogens with one attached hydrogen (secondary N) is 2. The number of amides is 2. The number of rotatable bonds is 10. The molecular formula is C24H30N2O4. The van der Waals surface area contributed by atoms with Crippen LogP contribution >= 0.6 is 0 Å². The molecule has 1 fully saturated rings. The molecule has 0 atom stereocenters. The molecule has 2 aromatic carbocycles. The maximum atomic E-state index is 12.9. The second kappa shape index (κ2) is 10.1. The van der Waals surface area contributed by atoms with Crippen molar-refractivity contribution in [1.82, 2.24) is 0 Å². The fraction of sp³-hybridized carbons (Fsp3) is 0.417. The van der Waals surface area contributed by atoms with Gasteiger partial charge in [-0.05, 0) is 68.5 Å². The summed E-state index contributed by atoms with van der Waals surface area (Å²) in [6.07, 6.45) is 3.65. The van der Waals surface area contributed by atoms with Gasteiger partial charge < -0.3 is 20.1 Å². The third-order valence-corrected chi connectivity index (χ3v) is 4.83. The summed E-state index contributed by atoms with van der Waals surface area (Å²) < 4.78 is 11.5. The molecule has 0 heterocycles. The van der Waals surface area contributed by atoms with Crippen LogP contribution < -0.4 is 20.1 Å². The number of hydrogen-bond donors (Lipinski definition) is 2. The smallest absolute Gasteiger partial charge is 0.255 e. The van der Waals surface area contributed by atoms with Gasteiger partial charge >= 0.3 is 0 Å². The van der Waals surface area contributed by atoms with E-state index in [1.807, 2.05) is 32.9 Å². The topological polar surface area (TPSA) is 76.7 Å². The summed E-state index contributed by atoms with van der Waals surface area (Å²) in [6, 6.07) is 10.7. The lowest BCUT2D eigenvalue weighted by molar-refractivity contribution is -0.117. The standard InChI is InChI=1S/C24H30N2O4/c1-4-12-29-21-11-9-18(14-22(21)30-13-5-2)24(28)26-20-15-19(10-6-16(20)3)25-23(27)17-7-8-17/h6,9-11,14-15,17H,4-5,7-8,12-13H2,1-3H3,(H,25,27)(H,26,28). The largest absolute Gasteiger partial charge is 0.490 e.